The van der Waals surface area contributed by atoms with Crippen LogP contribution in [0.4, 0.5) is 0 Å². The number of ether oxygens (including phenoxy) is 1. The maximum absolute atomic E-state index is 9.93. The number of hydrogen-bond donors (Lipinski definition) is 2. The molecule has 0 aliphatic rings. The van der Waals surface area contributed by atoms with E-state index in [0.29, 0.717) is 22.3 Å². The summed E-state index contributed by atoms with van der Waals surface area (Å²) in [4.78, 5) is 0. The molecule has 0 heterocycles. The maximum Gasteiger partial charge on any atom is 0.162 e. The second kappa shape index (κ2) is 5.41. The van der Waals surface area contributed by atoms with Crippen molar-refractivity contribution in [3.8, 4) is 11.5 Å². The van der Waals surface area contributed by atoms with E-state index in [1.54, 1.807) is 12.1 Å². The molecule has 0 aliphatic heterocycles. The van der Waals surface area contributed by atoms with Gasteiger partial charge in [0.25, 0.3) is 0 Å². The Morgan fingerprint density at radius 2 is 2.06 bits per heavy atom. The Labute approximate surface area is 101 Å². The molecule has 0 spiro atoms. The fraction of sp³-hybridized carbons (Fsp3) is 0.500. The Bertz CT molecular complexity index is 366. The number of rotatable bonds is 4. The van der Waals surface area contributed by atoms with Gasteiger partial charge in [0, 0.05) is 22.7 Å². The second-order valence-corrected chi connectivity index (χ2v) is 4.72. The molecule has 0 bridgehead atoms. The molecule has 4 heteroatoms. The number of halogens is 1. The van der Waals surface area contributed by atoms with Crippen LogP contribution in [0.3, 0.4) is 0 Å². The third kappa shape index (κ3) is 3.03. The molecule has 1 atom stereocenters. The van der Waals surface area contributed by atoms with Gasteiger partial charge in [-0.2, -0.15) is 0 Å². The van der Waals surface area contributed by atoms with E-state index in [-0.39, 0.29) is 11.8 Å². The molecular formula is C12H18ClNO2. The van der Waals surface area contributed by atoms with Crippen LogP contribution in [-0.2, 0) is 0 Å². The molecule has 3 nitrogen and oxygen atoms in total. The van der Waals surface area contributed by atoms with Crippen molar-refractivity contribution in [3.05, 3.63) is 22.7 Å². The predicted molar refractivity (Wildman–Crippen MR) is 66.1 cm³/mol. The Morgan fingerprint density at radius 3 is 2.56 bits per heavy atom. The average Bonchev–Trinajstić information content (AvgIpc) is 2.19. The minimum absolute atomic E-state index is 0.0834. The van der Waals surface area contributed by atoms with Crippen molar-refractivity contribution in [2.24, 2.45) is 11.7 Å². The highest BCUT2D eigenvalue weighted by molar-refractivity contribution is 6.30. The van der Waals surface area contributed by atoms with Gasteiger partial charge in [0.1, 0.15) is 0 Å². The van der Waals surface area contributed by atoms with Crippen LogP contribution in [0.2, 0.25) is 5.02 Å². The minimum atomic E-state index is -0.229. The second-order valence-electron chi connectivity index (χ2n) is 4.28. The van der Waals surface area contributed by atoms with Gasteiger partial charge in [-0.15, -0.1) is 0 Å². The molecule has 0 aliphatic carbocycles. The van der Waals surface area contributed by atoms with Crippen molar-refractivity contribution in [2.75, 3.05) is 7.11 Å². The fourth-order valence-electron chi connectivity index (χ4n) is 1.67. The van der Waals surface area contributed by atoms with Crippen LogP contribution >= 0.6 is 11.6 Å². The van der Waals surface area contributed by atoms with E-state index < -0.39 is 0 Å². The summed E-state index contributed by atoms with van der Waals surface area (Å²) in [6.07, 6.45) is 0.789. The first kappa shape index (κ1) is 13.1. The van der Waals surface area contributed by atoms with Crippen LogP contribution in [0.5, 0.6) is 11.5 Å². The van der Waals surface area contributed by atoms with Crippen molar-refractivity contribution >= 4 is 11.6 Å². The summed E-state index contributed by atoms with van der Waals surface area (Å²) in [6, 6.07) is 3.03. The van der Waals surface area contributed by atoms with E-state index >= 15 is 0 Å². The van der Waals surface area contributed by atoms with Gasteiger partial charge in [0.05, 0.1) is 7.11 Å². The van der Waals surface area contributed by atoms with Gasteiger partial charge in [-0.05, 0) is 18.4 Å². The molecule has 0 saturated carbocycles. The van der Waals surface area contributed by atoms with Crippen LogP contribution in [-0.4, -0.2) is 12.2 Å². The van der Waals surface area contributed by atoms with Gasteiger partial charge < -0.3 is 15.6 Å². The molecular weight excluding hydrogens is 226 g/mol. The lowest BCUT2D eigenvalue weighted by atomic mass is 9.97. The molecule has 1 unspecified atom stereocenters. The lowest BCUT2D eigenvalue weighted by Crippen LogP contribution is -2.13. The quantitative estimate of drug-likeness (QED) is 0.855. The van der Waals surface area contributed by atoms with Gasteiger partial charge in [-0.25, -0.2) is 0 Å². The Hall–Kier alpha value is -0.930. The molecule has 0 amide bonds. The molecule has 0 fully saturated rings. The van der Waals surface area contributed by atoms with Crippen LogP contribution in [0.25, 0.3) is 0 Å². The smallest absolute Gasteiger partial charge is 0.162 e. The highest BCUT2D eigenvalue weighted by Gasteiger charge is 2.17. The van der Waals surface area contributed by atoms with E-state index in [4.69, 9.17) is 22.1 Å². The maximum atomic E-state index is 9.93. The van der Waals surface area contributed by atoms with E-state index in [2.05, 4.69) is 13.8 Å². The van der Waals surface area contributed by atoms with Crippen LogP contribution in [0.15, 0.2) is 12.1 Å². The zero-order valence-corrected chi connectivity index (χ0v) is 10.6. The topological polar surface area (TPSA) is 55.5 Å². The summed E-state index contributed by atoms with van der Waals surface area (Å²) in [6.45, 7) is 4.16. The Morgan fingerprint density at radius 1 is 1.44 bits per heavy atom. The van der Waals surface area contributed by atoms with Gasteiger partial charge in [-0.1, -0.05) is 25.4 Å². The Balaban J connectivity index is 3.07. The Kier molecular flexibility index (Phi) is 4.44. The van der Waals surface area contributed by atoms with Gasteiger partial charge in [-0.3, -0.25) is 0 Å². The summed E-state index contributed by atoms with van der Waals surface area (Å²) in [5, 5.41) is 10.5. The summed E-state index contributed by atoms with van der Waals surface area (Å²) < 4.78 is 5.03. The molecule has 1 aromatic rings. The molecule has 0 radical (unpaired) electrons. The predicted octanol–water partition coefficient (Wildman–Crippen LogP) is 3.10. The third-order valence-electron chi connectivity index (χ3n) is 2.41. The lowest BCUT2D eigenvalue weighted by molar-refractivity contribution is 0.366. The zero-order chi connectivity index (χ0) is 12.3. The summed E-state index contributed by atoms with van der Waals surface area (Å²) >= 11 is 5.93. The number of hydrogen-bond acceptors (Lipinski definition) is 3. The number of nitrogens with two attached hydrogens (primary N) is 1. The molecule has 16 heavy (non-hydrogen) atoms. The molecule has 0 saturated heterocycles. The van der Waals surface area contributed by atoms with E-state index in [1.807, 2.05) is 0 Å². The van der Waals surface area contributed by atoms with Crippen molar-refractivity contribution in [1.82, 2.24) is 0 Å². The summed E-state index contributed by atoms with van der Waals surface area (Å²) in [5.41, 5.74) is 6.65. The first-order valence-electron chi connectivity index (χ1n) is 5.27. The number of benzene rings is 1. The third-order valence-corrected chi connectivity index (χ3v) is 2.63. The van der Waals surface area contributed by atoms with E-state index in [1.165, 1.54) is 7.11 Å². The SMILES string of the molecule is COc1cc(Cl)cc(C(N)CC(C)C)c1O. The monoisotopic (exact) mass is 243 g/mol. The van der Waals surface area contributed by atoms with Crippen molar-refractivity contribution in [1.29, 1.82) is 0 Å². The highest BCUT2D eigenvalue weighted by atomic mass is 35.5. The van der Waals surface area contributed by atoms with Crippen LogP contribution in [0.1, 0.15) is 31.9 Å². The summed E-state index contributed by atoms with van der Waals surface area (Å²) in [7, 11) is 1.49. The molecule has 3 N–H and O–H groups in total. The largest absolute Gasteiger partial charge is 0.504 e. The number of phenolic OH excluding ortho intramolecular Hbond substituents is 1. The lowest BCUT2D eigenvalue weighted by Gasteiger charge is -2.17. The van der Waals surface area contributed by atoms with Crippen molar-refractivity contribution < 1.29 is 9.84 Å². The van der Waals surface area contributed by atoms with Gasteiger partial charge >= 0.3 is 0 Å². The molecule has 90 valence electrons. The number of phenols is 1. The number of aromatic hydroxyl groups is 1. The molecule has 1 aromatic carbocycles. The van der Waals surface area contributed by atoms with E-state index in [0.717, 1.165) is 6.42 Å². The zero-order valence-electron chi connectivity index (χ0n) is 9.83. The summed E-state index contributed by atoms with van der Waals surface area (Å²) in [5.74, 6) is 0.904. The fourth-order valence-corrected chi connectivity index (χ4v) is 1.88. The van der Waals surface area contributed by atoms with E-state index in [9.17, 15) is 5.11 Å². The molecule has 0 aromatic heterocycles. The molecule has 1 rings (SSSR count). The minimum Gasteiger partial charge on any atom is -0.504 e. The standard InChI is InChI=1S/C12H18ClNO2/c1-7(2)4-10(14)9-5-8(13)6-11(16-3)12(9)15/h5-7,10,15H,4,14H2,1-3H3. The van der Waals surface area contributed by atoms with Crippen molar-refractivity contribution in [3.63, 3.8) is 0 Å². The highest BCUT2D eigenvalue weighted by Crippen LogP contribution is 2.37. The normalized spacial score (nSPS) is 12.9. The first-order valence-corrected chi connectivity index (χ1v) is 5.65. The van der Waals surface area contributed by atoms with Crippen LogP contribution in [0, 0.1) is 5.92 Å². The van der Waals surface area contributed by atoms with Gasteiger partial charge in [0.15, 0.2) is 11.5 Å². The average molecular weight is 244 g/mol. The number of methoxy groups -OCH3 is 1. The van der Waals surface area contributed by atoms with Crippen LogP contribution < -0.4 is 10.5 Å². The first-order chi connectivity index (χ1) is 7.45. The van der Waals surface area contributed by atoms with Crippen molar-refractivity contribution in [2.45, 2.75) is 26.3 Å². The van der Waals surface area contributed by atoms with Gasteiger partial charge in [0.2, 0.25) is 0 Å².